The summed E-state index contributed by atoms with van der Waals surface area (Å²) in [7, 11) is 1.96. The van der Waals surface area contributed by atoms with Gasteiger partial charge in [-0.1, -0.05) is 12.1 Å². The maximum atomic E-state index is 9.71. The number of halogens is 1. The molecule has 6 heteroatoms. The molecule has 0 aliphatic heterocycles. The predicted octanol–water partition coefficient (Wildman–Crippen LogP) is 3.80. The number of rotatable bonds is 5. The lowest BCUT2D eigenvalue weighted by Gasteiger charge is -2.25. The van der Waals surface area contributed by atoms with Crippen LogP contribution in [-0.2, 0) is 6.42 Å². The predicted molar refractivity (Wildman–Crippen MR) is 100 cm³/mol. The monoisotopic (exact) mass is 351 g/mol. The van der Waals surface area contributed by atoms with Crippen LogP contribution < -0.4 is 4.90 Å². The van der Waals surface area contributed by atoms with E-state index in [0.29, 0.717) is 36.5 Å². The Hall–Kier alpha value is -2.76. The van der Waals surface area contributed by atoms with Crippen LogP contribution in [-0.4, -0.2) is 28.9 Å². The Morgan fingerprint density at radius 2 is 2.04 bits per heavy atom. The highest BCUT2D eigenvalue weighted by Gasteiger charge is 2.22. The van der Waals surface area contributed by atoms with Crippen LogP contribution in [0.5, 0.6) is 0 Å². The van der Waals surface area contributed by atoms with Crippen LogP contribution in [0.3, 0.4) is 0 Å². The van der Waals surface area contributed by atoms with Crippen LogP contribution in [0.1, 0.15) is 23.1 Å². The molecule has 2 heterocycles. The molecule has 0 atom stereocenters. The van der Waals surface area contributed by atoms with Crippen LogP contribution in [0.2, 0.25) is 0 Å². The van der Waals surface area contributed by atoms with E-state index in [1.165, 1.54) is 0 Å². The van der Waals surface area contributed by atoms with E-state index in [4.69, 9.17) is 16.9 Å². The summed E-state index contributed by atoms with van der Waals surface area (Å²) < 4.78 is 2.03. The molecule has 0 aliphatic carbocycles. The lowest BCUT2D eigenvalue weighted by Crippen LogP contribution is -2.24. The number of hydrogen-bond acceptors (Lipinski definition) is 4. The number of nitriles is 2. The molecule has 0 saturated heterocycles. The maximum Gasteiger partial charge on any atom is 0.157 e. The average Bonchev–Trinajstić information content (AvgIpc) is 2.99. The van der Waals surface area contributed by atoms with Crippen molar-refractivity contribution < 1.29 is 0 Å². The van der Waals surface area contributed by atoms with Gasteiger partial charge in [-0.15, -0.1) is 11.6 Å². The number of alkyl halides is 1. The summed E-state index contributed by atoms with van der Waals surface area (Å²) in [5, 5.41) is 18.7. The van der Waals surface area contributed by atoms with Crippen LogP contribution in [0.15, 0.2) is 24.3 Å². The molecule has 25 heavy (non-hydrogen) atoms. The fourth-order valence-electron chi connectivity index (χ4n) is 3.28. The second-order valence-electron chi connectivity index (χ2n) is 5.94. The highest BCUT2D eigenvalue weighted by atomic mass is 35.5. The number of anilines is 1. The van der Waals surface area contributed by atoms with Gasteiger partial charge in [0.05, 0.1) is 29.1 Å². The molecule has 0 spiro atoms. The smallest absolute Gasteiger partial charge is 0.157 e. The second-order valence-corrected chi connectivity index (χ2v) is 6.32. The minimum absolute atomic E-state index is 0.421. The second kappa shape index (κ2) is 7.01. The molecule has 3 aromatic rings. The van der Waals surface area contributed by atoms with Gasteiger partial charge in [-0.25, -0.2) is 4.98 Å². The highest BCUT2D eigenvalue weighted by Crippen LogP contribution is 2.33. The lowest BCUT2D eigenvalue weighted by atomic mass is 10.0. The molecule has 0 bridgehead atoms. The summed E-state index contributed by atoms with van der Waals surface area (Å²) in [6, 6.07) is 12.3. The van der Waals surface area contributed by atoms with Crippen LogP contribution in [0.4, 0.5) is 5.82 Å². The number of nitrogens with zero attached hydrogens (tertiary/aromatic N) is 5. The molecular weight excluding hydrogens is 334 g/mol. The van der Waals surface area contributed by atoms with Crippen LogP contribution >= 0.6 is 11.6 Å². The first-order valence-electron chi connectivity index (χ1n) is 8.10. The number of aromatic nitrogens is 2. The molecule has 1 aromatic carbocycles. The van der Waals surface area contributed by atoms with Crippen LogP contribution in [0, 0.1) is 29.6 Å². The molecule has 3 rings (SSSR count). The topological polar surface area (TPSA) is 68.1 Å². The summed E-state index contributed by atoms with van der Waals surface area (Å²) >= 11 is 6.05. The van der Waals surface area contributed by atoms with Crippen molar-refractivity contribution in [3.05, 3.63) is 41.0 Å². The van der Waals surface area contributed by atoms with Crippen molar-refractivity contribution in [2.75, 3.05) is 24.4 Å². The van der Waals surface area contributed by atoms with Gasteiger partial charge in [0.25, 0.3) is 0 Å². The molecule has 0 radical (unpaired) electrons. The number of fused-ring (bicyclic) bond motifs is 3. The van der Waals surface area contributed by atoms with E-state index in [9.17, 15) is 5.26 Å². The van der Waals surface area contributed by atoms with E-state index in [1.807, 2.05) is 42.6 Å². The quantitative estimate of drug-likeness (QED) is 0.656. The largest absolute Gasteiger partial charge is 0.359 e. The van der Waals surface area contributed by atoms with Gasteiger partial charge in [0, 0.05) is 19.5 Å². The third-order valence-corrected chi connectivity index (χ3v) is 4.66. The molecule has 126 valence electrons. The first-order valence-corrected chi connectivity index (χ1v) is 8.64. The van der Waals surface area contributed by atoms with Gasteiger partial charge < -0.3 is 4.90 Å². The highest BCUT2D eigenvalue weighted by molar-refractivity contribution is 6.18. The van der Waals surface area contributed by atoms with Gasteiger partial charge in [0.1, 0.15) is 11.9 Å². The van der Waals surface area contributed by atoms with Gasteiger partial charge >= 0.3 is 0 Å². The summed E-state index contributed by atoms with van der Waals surface area (Å²) in [6.45, 7) is 2.54. The van der Waals surface area contributed by atoms with Crippen molar-refractivity contribution >= 4 is 34.1 Å². The Balaban J connectivity index is 2.46. The number of hydrogen-bond donors (Lipinski definition) is 0. The van der Waals surface area contributed by atoms with Gasteiger partial charge in [0.15, 0.2) is 5.65 Å². The molecule has 0 fully saturated rings. The molecule has 0 aliphatic rings. The summed E-state index contributed by atoms with van der Waals surface area (Å²) in [6.07, 6.45) is 1.07. The normalized spacial score (nSPS) is 10.8. The summed E-state index contributed by atoms with van der Waals surface area (Å²) in [5.41, 5.74) is 4.96. The molecule has 0 N–H and O–H groups in total. The molecule has 5 nitrogen and oxygen atoms in total. The Kier molecular flexibility index (Phi) is 4.79. The summed E-state index contributed by atoms with van der Waals surface area (Å²) in [4.78, 5) is 6.74. The zero-order valence-corrected chi connectivity index (χ0v) is 15.0. The number of pyridine rings is 1. The molecule has 0 saturated carbocycles. The van der Waals surface area contributed by atoms with E-state index in [-0.39, 0.29) is 0 Å². The Labute approximate surface area is 151 Å². The van der Waals surface area contributed by atoms with E-state index >= 15 is 0 Å². The molecule has 2 aromatic heterocycles. The van der Waals surface area contributed by atoms with Crippen molar-refractivity contribution in [3.63, 3.8) is 0 Å². The Morgan fingerprint density at radius 3 is 2.72 bits per heavy atom. The Bertz CT molecular complexity index is 1020. The Morgan fingerprint density at radius 1 is 1.28 bits per heavy atom. The van der Waals surface area contributed by atoms with E-state index in [2.05, 4.69) is 22.0 Å². The van der Waals surface area contributed by atoms with E-state index in [1.54, 1.807) is 0 Å². The van der Waals surface area contributed by atoms with E-state index < -0.39 is 0 Å². The van der Waals surface area contributed by atoms with E-state index in [0.717, 1.165) is 28.0 Å². The lowest BCUT2D eigenvalue weighted by molar-refractivity contribution is 0.859. The molecule has 0 unspecified atom stereocenters. The van der Waals surface area contributed by atoms with Gasteiger partial charge in [-0.2, -0.15) is 10.5 Å². The molecular formula is C19H18ClN5. The first-order chi connectivity index (χ1) is 12.1. The van der Waals surface area contributed by atoms with Gasteiger partial charge in [0.2, 0.25) is 0 Å². The zero-order chi connectivity index (χ0) is 18.0. The molecule has 0 amide bonds. The minimum atomic E-state index is 0.421. The standard InChI is InChI=1S/C19H18ClN5/c1-13-14(8-9-20)19(24(2)11-5-10-21)25-17-7-4-3-6-16(17)23-18(25)15(13)12-22/h3-4,6-7H,5,8-9,11H2,1-2H3. The minimum Gasteiger partial charge on any atom is -0.359 e. The van der Waals surface area contributed by atoms with Gasteiger partial charge in [-0.3, -0.25) is 4.40 Å². The fraction of sp³-hybridized carbons (Fsp3) is 0.316. The van der Waals surface area contributed by atoms with Crippen molar-refractivity contribution in [3.8, 4) is 12.1 Å². The number of para-hydroxylation sites is 2. The third kappa shape index (κ3) is 2.77. The third-order valence-electron chi connectivity index (χ3n) is 4.47. The number of imidazole rings is 1. The fourth-order valence-corrected chi connectivity index (χ4v) is 3.47. The summed E-state index contributed by atoms with van der Waals surface area (Å²) in [5.74, 6) is 1.42. The van der Waals surface area contributed by atoms with Crippen molar-refractivity contribution in [2.45, 2.75) is 19.8 Å². The van der Waals surface area contributed by atoms with Crippen molar-refractivity contribution in [1.82, 2.24) is 9.38 Å². The zero-order valence-electron chi connectivity index (χ0n) is 14.3. The SMILES string of the molecule is Cc1c(CCCl)c(N(C)CCC#N)n2c(nc3ccccc32)c1C#N. The number of benzene rings is 1. The van der Waals surface area contributed by atoms with Crippen LogP contribution in [0.25, 0.3) is 16.7 Å². The first kappa shape index (κ1) is 17.1. The van der Waals surface area contributed by atoms with Gasteiger partial charge in [-0.05, 0) is 36.6 Å². The van der Waals surface area contributed by atoms with Crippen molar-refractivity contribution in [2.24, 2.45) is 0 Å². The average molecular weight is 352 g/mol. The maximum absolute atomic E-state index is 9.71. The van der Waals surface area contributed by atoms with Crippen molar-refractivity contribution in [1.29, 1.82) is 10.5 Å².